The van der Waals surface area contributed by atoms with E-state index in [2.05, 4.69) is 9.97 Å². The molecule has 0 atom stereocenters. The van der Waals surface area contributed by atoms with Gasteiger partial charge in [-0.1, -0.05) is 12.1 Å². The van der Waals surface area contributed by atoms with Crippen molar-refractivity contribution in [3.05, 3.63) is 42.1 Å². The third-order valence-electron chi connectivity index (χ3n) is 2.60. The van der Waals surface area contributed by atoms with Gasteiger partial charge in [-0.25, -0.2) is 9.97 Å². The second-order valence-corrected chi connectivity index (χ2v) is 6.30. The Balaban J connectivity index is 2.00. The van der Waals surface area contributed by atoms with E-state index in [0.717, 1.165) is 14.6 Å². The van der Waals surface area contributed by atoms with E-state index >= 15 is 0 Å². The highest BCUT2D eigenvalue weighted by Gasteiger charge is 2.14. The van der Waals surface area contributed by atoms with E-state index in [9.17, 15) is 4.79 Å². The van der Waals surface area contributed by atoms with Crippen LogP contribution in [0.5, 0.6) is 0 Å². The highest BCUT2D eigenvalue weighted by molar-refractivity contribution is 8.01. The zero-order valence-electron chi connectivity index (χ0n) is 10.2. The molecule has 5 nitrogen and oxygen atoms in total. The fourth-order valence-corrected chi connectivity index (χ4v) is 3.76. The molecule has 2 aromatic heterocycles. The van der Waals surface area contributed by atoms with Crippen LogP contribution in [0.1, 0.15) is 10.4 Å². The fourth-order valence-electron chi connectivity index (χ4n) is 1.70. The van der Waals surface area contributed by atoms with E-state index < -0.39 is 5.91 Å². The van der Waals surface area contributed by atoms with E-state index in [4.69, 9.17) is 11.5 Å². The van der Waals surface area contributed by atoms with Gasteiger partial charge in [-0.2, -0.15) is 0 Å². The average Bonchev–Trinajstić information content (AvgIpc) is 2.82. The van der Waals surface area contributed by atoms with Crippen molar-refractivity contribution < 1.29 is 4.79 Å². The van der Waals surface area contributed by atoms with Crippen molar-refractivity contribution in [2.45, 2.75) is 9.37 Å². The summed E-state index contributed by atoms with van der Waals surface area (Å²) in [6.07, 6.45) is 1.50. The third-order valence-corrected chi connectivity index (χ3v) is 4.71. The lowest BCUT2D eigenvalue weighted by Gasteiger charge is -2.03. The number of nitrogens with two attached hydrogens (primary N) is 2. The minimum Gasteiger partial charge on any atom is -0.397 e. The number of nitrogen functional groups attached to an aromatic ring is 1. The van der Waals surface area contributed by atoms with Gasteiger partial charge in [0.2, 0.25) is 0 Å². The Morgan fingerprint density at radius 3 is 2.85 bits per heavy atom. The Bertz CT molecular complexity index is 767. The van der Waals surface area contributed by atoms with Gasteiger partial charge in [0.1, 0.15) is 5.03 Å². The summed E-state index contributed by atoms with van der Waals surface area (Å²) in [5.74, 6) is -0.548. The zero-order valence-corrected chi connectivity index (χ0v) is 11.9. The largest absolute Gasteiger partial charge is 0.397 e. The summed E-state index contributed by atoms with van der Waals surface area (Å²) >= 11 is 2.86. The van der Waals surface area contributed by atoms with Gasteiger partial charge in [-0.15, -0.1) is 11.3 Å². The lowest BCUT2D eigenvalue weighted by molar-refractivity contribution is 0.0997. The van der Waals surface area contributed by atoms with E-state index in [-0.39, 0.29) is 0 Å². The first-order chi connectivity index (χ1) is 9.63. The van der Waals surface area contributed by atoms with Gasteiger partial charge >= 0.3 is 0 Å². The molecular weight excluding hydrogens is 292 g/mol. The first kappa shape index (κ1) is 12.9. The minimum atomic E-state index is -0.548. The zero-order chi connectivity index (χ0) is 14.1. The summed E-state index contributed by atoms with van der Waals surface area (Å²) in [6, 6.07) is 9.38. The Hall–Kier alpha value is -2.12. The number of hydrogen-bond acceptors (Lipinski definition) is 6. The van der Waals surface area contributed by atoms with Crippen LogP contribution in [0.25, 0.3) is 10.2 Å². The number of thiazole rings is 1. The lowest BCUT2D eigenvalue weighted by Crippen LogP contribution is -2.13. The second kappa shape index (κ2) is 5.10. The van der Waals surface area contributed by atoms with Crippen LogP contribution < -0.4 is 11.5 Å². The fraction of sp³-hybridized carbons (Fsp3) is 0. The molecule has 1 amide bonds. The number of pyridine rings is 1. The molecule has 1 aromatic carbocycles. The molecule has 7 heteroatoms. The van der Waals surface area contributed by atoms with Crippen LogP contribution in [0, 0.1) is 0 Å². The number of carbonyl (C=O) groups excluding carboxylic acids is 1. The van der Waals surface area contributed by atoms with Crippen molar-refractivity contribution in [2.75, 3.05) is 5.73 Å². The number of primary amides is 1. The normalized spacial score (nSPS) is 10.8. The van der Waals surface area contributed by atoms with E-state index in [1.165, 1.54) is 24.0 Å². The number of aromatic nitrogens is 2. The summed E-state index contributed by atoms with van der Waals surface area (Å²) in [7, 11) is 0. The molecule has 0 radical (unpaired) electrons. The van der Waals surface area contributed by atoms with Crippen LogP contribution in [0.15, 0.2) is 45.9 Å². The molecule has 0 unspecified atom stereocenters. The number of nitrogens with zero attached hydrogens (tertiary/aromatic N) is 2. The van der Waals surface area contributed by atoms with Gasteiger partial charge in [0.15, 0.2) is 4.34 Å². The number of para-hydroxylation sites is 1. The van der Waals surface area contributed by atoms with Crippen LogP contribution in [0.2, 0.25) is 0 Å². The highest BCUT2D eigenvalue weighted by Crippen LogP contribution is 2.35. The van der Waals surface area contributed by atoms with Gasteiger partial charge in [0, 0.05) is 0 Å². The number of benzene rings is 1. The first-order valence-electron chi connectivity index (χ1n) is 5.72. The van der Waals surface area contributed by atoms with Crippen LogP contribution >= 0.6 is 23.1 Å². The minimum absolute atomic E-state index is 0.314. The molecule has 0 saturated heterocycles. The molecule has 0 aliphatic rings. The van der Waals surface area contributed by atoms with Crippen LogP contribution in [0.4, 0.5) is 5.69 Å². The van der Waals surface area contributed by atoms with E-state index in [1.807, 2.05) is 24.3 Å². The van der Waals surface area contributed by atoms with Gasteiger partial charge in [-0.05, 0) is 30.0 Å². The van der Waals surface area contributed by atoms with Crippen molar-refractivity contribution in [1.82, 2.24) is 9.97 Å². The second-order valence-electron chi connectivity index (χ2n) is 4.04. The van der Waals surface area contributed by atoms with Crippen LogP contribution in [-0.2, 0) is 0 Å². The van der Waals surface area contributed by atoms with E-state index in [0.29, 0.717) is 16.3 Å². The molecule has 0 saturated carbocycles. The SMILES string of the molecule is NC(=O)c1cc(N)cnc1Sc1nc2ccccc2s1. The molecule has 0 aliphatic heterocycles. The Morgan fingerprint density at radius 1 is 1.30 bits per heavy atom. The van der Waals surface area contributed by atoms with Gasteiger partial charge in [0.25, 0.3) is 5.91 Å². The molecule has 2 heterocycles. The Kier molecular flexibility index (Phi) is 3.29. The van der Waals surface area contributed by atoms with Crippen molar-refractivity contribution in [3.63, 3.8) is 0 Å². The number of anilines is 1. The van der Waals surface area contributed by atoms with Gasteiger partial charge < -0.3 is 11.5 Å². The predicted molar refractivity (Wildman–Crippen MR) is 80.9 cm³/mol. The molecule has 0 aliphatic carbocycles. The molecule has 20 heavy (non-hydrogen) atoms. The summed E-state index contributed by atoms with van der Waals surface area (Å²) in [5.41, 5.74) is 12.6. The number of rotatable bonds is 3. The van der Waals surface area contributed by atoms with Crippen LogP contribution in [0.3, 0.4) is 0 Å². The quantitative estimate of drug-likeness (QED) is 0.775. The van der Waals surface area contributed by atoms with Crippen molar-refractivity contribution in [1.29, 1.82) is 0 Å². The highest BCUT2D eigenvalue weighted by atomic mass is 32.2. The van der Waals surface area contributed by atoms with Crippen molar-refractivity contribution in [2.24, 2.45) is 5.73 Å². The topological polar surface area (TPSA) is 94.9 Å². The molecule has 100 valence electrons. The molecule has 3 rings (SSSR count). The predicted octanol–water partition coefficient (Wildman–Crippen LogP) is 2.52. The van der Waals surface area contributed by atoms with E-state index in [1.54, 1.807) is 11.3 Å². The van der Waals surface area contributed by atoms with Gasteiger partial charge in [0.05, 0.1) is 27.7 Å². The van der Waals surface area contributed by atoms with Crippen molar-refractivity contribution >= 4 is 44.9 Å². The molecule has 0 fully saturated rings. The molecule has 0 spiro atoms. The summed E-state index contributed by atoms with van der Waals surface area (Å²) in [5, 5.41) is 0.519. The molecular formula is C13H10N4OS2. The van der Waals surface area contributed by atoms with Crippen LogP contribution in [-0.4, -0.2) is 15.9 Å². The number of fused-ring (bicyclic) bond motifs is 1. The number of carbonyl (C=O) groups is 1. The first-order valence-corrected chi connectivity index (χ1v) is 7.35. The smallest absolute Gasteiger partial charge is 0.251 e. The van der Waals surface area contributed by atoms with Crippen molar-refractivity contribution in [3.8, 4) is 0 Å². The third kappa shape index (κ3) is 2.45. The lowest BCUT2D eigenvalue weighted by atomic mass is 10.2. The summed E-state index contributed by atoms with van der Waals surface area (Å²) in [6.45, 7) is 0. The molecule has 4 N–H and O–H groups in total. The molecule has 3 aromatic rings. The maximum atomic E-state index is 11.4. The molecule has 0 bridgehead atoms. The standard InChI is InChI=1S/C13H10N4OS2/c14-7-5-8(11(15)18)12(16-6-7)20-13-17-9-3-1-2-4-10(9)19-13/h1-6H,14H2,(H2,15,18). The number of amides is 1. The maximum Gasteiger partial charge on any atom is 0.251 e. The van der Waals surface area contributed by atoms with Gasteiger partial charge in [-0.3, -0.25) is 4.79 Å². The Labute approximate surface area is 123 Å². The number of hydrogen-bond donors (Lipinski definition) is 2. The average molecular weight is 302 g/mol. The summed E-state index contributed by atoms with van der Waals surface area (Å²) < 4.78 is 1.90. The summed E-state index contributed by atoms with van der Waals surface area (Å²) in [4.78, 5) is 20.1. The monoisotopic (exact) mass is 302 g/mol. The Morgan fingerprint density at radius 2 is 2.10 bits per heavy atom. The maximum absolute atomic E-state index is 11.4.